The van der Waals surface area contributed by atoms with Crippen LogP contribution in [0.1, 0.15) is 25.3 Å². The second kappa shape index (κ2) is 5.94. The summed E-state index contributed by atoms with van der Waals surface area (Å²) in [4.78, 5) is 11.4. The molecule has 14 heavy (non-hydrogen) atoms. The van der Waals surface area contributed by atoms with E-state index in [0.29, 0.717) is 12.8 Å². The maximum Gasteiger partial charge on any atom is 0.135 e. The van der Waals surface area contributed by atoms with Crippen molar-refractivity contribution in [1.82, 2.24) is 0 Å². The number of Topliss-reactive ketones (excluding diaryl/α,β-unsaturated/α-hetero) is 1. The van der Waals surface area contributed by atoms with E-state index in [9.17, 15) is 4.79 Å². The van der Waals surface area contributed by atoms with Crippen molar-refractivity contribution in [3.8, 4) is 0 Å². The van der Waals surface area contributed by atoms with Crippen LogP contribution in [0.25, 0.3) is 0 Å². The molecule has 1 rings (SSSR count). The summed E-state index contributed by atoms with van der Waals surface area (Å²) in [6, 6.07) is 2.07. The molecule has 0 aliphatic heterocycles. The monoisotopic (exact) mass is 212 g/mol. The summed E-state index contributed by atoms with van der Waals surface area (Å²) in [5, 5.41) is 4.13. The predicted molar refractivity (Wildman–Crippen MR) is 58.7 cm³/mol. The quantitative estimate of drug-likeness (QED) is 0.724. The van der Waals surface area contributed by atoms with E-state index in [-0.39, 0.29) is 11.9 Å². The normalized spacial score (nSPS) is 12.7. The van der Waals surface area contributed by atoms with Crippen LogP contribution < -0.4 is 0 Å². The number of carbonyl (C=O) groups is 1. The van der Waals surface area contributed by atoms with Gasteiger partial charge in [0.25, 0.3) is 0 Å². The van der Waals surface area contributed by atoms with Gasteiger partial charge < -0.3 is 4.74 Å². The first kappa shape index (κ1) is 11.4. The molecule has 0 fully saturated rings. The molecule has 78 valence electrons. The van der Waals surface area contributed by atoms with Gasteiger partial charge in [0, 0.05) is 20.0 Å². The van der Waals surface area contributed by atoms with Gasteiger partial charge in [0.1, 0.15) is 5.78 Å². The van der Waals surface area contributed by atoms with E-state index in [4.69, 9.17) is 4.74 Å². The summed E-state index contributed by atoms with van der Waals surface area (Å²) in [6.07, 6.45) is 2.06. The maximum absolute atomic E-state index is 11.4. The third-order valence-corrected chi connectivity index (χ3v) is 2.92. The fraction of sp³-hybridized carbons (Fsp3) is 0.545. The van der Waals surface area contributed by atoms with Crippen LogP contribution in [0.15, 0.2) is 16.8 Å². The molecular formula is C11H16O2S. The van der Waals surface area contributed by atoms with E-state index in [2.05, 4.69) is 11.4 Å². The number of ketones is 1. The maximum atomic E-state index is 11.4. The predicted octanol–water partition coefficient (Wildman–Crippen LogP) is 2.67. The third-order valence-electron chi connectivity index (χ3n) is 2.19. The van der Waals surface area contributed by atoms with E-state index in [1.807, 2.05) is 12.3 Å². The summed E-state index contributed by atoms with van der Waals surface area (Å²) in [5.74, 6) is 0.283. The highest BCUT2D eigenvalue weighted by Gasteiger charge is 2.08. The summed E-state index contributed by atoms with van der Waals surface area (Å²) < 4.78 is 5.04. The number of hydrogen-bond acceptors (Lipinski definition) is 3. The van der Waals surface area contributed by atoms with Crippen molar-refractivity contribution in [1.29, 1.82) is 0 Å². The summed E-state index contributed by atoms with van der Waals surface area (Å²) >= 11 is 1.67. The molecule has 2 nitrogen and oxygen atoms in total. The van der Waals surface area contributed by atoms with Crippen LogP contribution in [0.3, 0.4) is 0 Å². The van der Waals surface area contributed by atoms with Gasteiger partial charge in [0.15, 0.2) is 0 Å². The molecular weight excluding hydrogens is 196 g/mol. The topological polar surface area (TPSA) is 26.3 Å². The number of methoxy groups -OCH3 is 1. The molecule has 0 saturated heterocycles. The first-order chi connectivity index (χ1) is 6.72. The average molecular weight is 212 g/mol. The molecule has 1 aromatic heterocycles. The minimum atomic E-state index is 0.0463. The SMILES string of the molecule is COC(C)CC(=O)CCc1ccsc1. The number of hydrogen-bond donors (Lipinski definition) is 0. The van der Waals surface area contributed by atoms with Gasteiger partial charge in [-0.3, -0.25) is 4.79 Å². The molecule has 1 unspecified atom stereocenters. The van der Waals surface area contributed by atoms with Gasteiger partial charge in [0.05, 0.1) is 6.10 Å². The molecule has 0 radical (unpaired) electrons. The molecule has 1 heterocycles. The lowest BCUT2D eigenvalue weighted by Gasteiger charge is -2.07. The lowest BCUT2D eigenvalue weighted by atomic mass is 10.1. The van der Waals surface area contributed by atoms with Gasteiger partial charge in [-0.15, -0.1) is 0 Å². The van der Waals surface area contributed by atoms with Gasteiger partial charge in [-0.2, -0.15) is 11.3 Å². The van der Waals surface area contributed by atoms with Crippen LogP contribution in [0.5, 0.6) is 0 Å². The van der Waals surface area contributed by atoms with E-state index >= 15 is 0 Å². The van der Waals surface area contributed by atoms with Crippen LogP contribution in [-0.2, 0) is 16.0 Å². The molecule has 1 atom stereocenters. The molecule has 0 saturated carbocycles. The lowest BCUT2D eigenvalue weighted by Crippen LogP contribution is -2.12. The summed E-state index contributed by atoms with van der Waals surface area (Å²) in [5.41, 5.74) is 1.26. The Morgan fingerprint density at radius 1 is 1.64 bits per heavy atom. The minimum Gasteiger partial charge on any atom is -0.381 e. The largest absolute Gasteiger partial charge is 0.381 e. The number of rotatable bonds is 6. The average Bonchev–Trinajstić information content (AvgIpc) is 2.67. The van der Waals surface area contributed by atoms with Gasteiger partial charge in [-0.1, -0.05) is 0 Å². The Labute approximate surface area is 88.9 Å². The molecule has 0 aliphatic rings. The van der Waals surface area contributed by atoms with Gasteiger partial charge in [-0.05, 0) is 35.7 Å². The van der Waals surface area contributed by atoms with Crippen molar-refractivity contribution in [2.24, 2.45) is 0 Å². The molecule has 0 N–H and O–H groups in total. The van der Waals surface area contributed by atoms with Gasteiger partial charge in [-0.25, -0.2) is 0 Å². The van der Waals surface area contributed by atoms with Crippen molar-refractivity contribution in [3.63, 3.8) is 0 Å². The van der Waals surface area contributed by atoms with Crippen molar-refractivity contribution in [3.05, 3.63) is 22.4 Å². The smallest absolute Gasteiger partial charge is 0.135 e. The number of ether oxygens (including phenoxy) is 1. The van der Waals surface area contributed by atoms with Crippen molar-refractivity contribution >= 4 is 17.1 Å². The molecule has 0 bridgehead atoms. The molecule has 0 amide bonds. The Morgan fingerprint density at radius 3 is 3.00 bits per heavy atom. The first-order valence-electron chi connectivity index (χ1n) is 4.78. The van der Waals surface area contributed by atoms with Crippen LogP contribution in [-0.4, -0.2) is 19.0 Å². The third kappa shape index (κ3) is 4.03. The molecule has 0 aromatic carbocycles. The van der Waals surface area contributed by atoms with E-state index < -0.39 is 0 Å². The zero-order chi connectivity index (χ0) is 10.4. The lowest BCUT2D eigenvalue weighted by molar-refractivity contribution is -0.121. The second-order valence-electron chi connectivity index (χ2n) is 3.42. The molecule has 0 aliphatic carbocycles. The van der Waals surface area contributed by atoms with Crippen molar-refractivity contribution in [2.45, 2.75) is 32.3 Å². The number of aryl methyl sites for hydroxylation is 1. The Balaban J connectivity index is 2.22. The molecule has 0 spiro atoms. The van der Waals surface area contributed by atoms with E-state index in [0.717, 1.165) is 6.42 Å². The first-order valence-corrected chi connectivity index (χ1v) is 5.72. The number of carbonyl (C=O) groups excluding carboxylic acids is 1. The van der Waals surface area contributed by atoms with E-state index in [1.54, 1.807) is 18.4 Å². The summed E-state index contributed by atoms with van der Waals surface area (Å²) in [7, 11) is 1.64. The number of thiophene rings is 1. The highest BCUT2D eigenvalue weighted by Crippen LogP contribution is 2.10. The molecule has 3 heteroatoms. The minimum absolute atomic E-state index is 0.0463. The summed E-state index contributed by atoms with van der Waals surface area (Å²) in [6.45, 7) is 1.92. The Morgan fingerprint density at radius 2 is 2.43 bits per heavy atom. The zero-order valence-corrected chi connectivity index (χ0v) is 9.47. The van der Waals surface area contributed by atoms with E-state index in [1.165, 1.54) is 5.56 Å². The zero-order valence-electron chi connectivity index (χ0n) is 8.66. The van der Waals surface area contributed by atoms with Crippen LogP contribution in [0, 0.1) is 0 Å². The van der Waals surface area contributed by atoms with Crippen molar-refractivity contribution in [2.75, 3.05) is 7.11 Å². The molecule has 1 aromatic rings. The highest BCUT2D eigenvalue weighted by atomic mass is 32.1. The highest BCUT2D eigenvalue weighted by molar-refractivity contribution is 7.07. The van der Waals surface area contributed by atoms with Crippen molar-refractivity contribution < 1.29 is 9.53 Å². The fourth-order valence-electron chi connectivity index (χ4n) is 1.22. The Bertz CT molecular complexity index is 267. The van der Waals surface area contributed by atoms with Crippen LogP contribution in [0.4, 0.5) is 0 Å². The Hall–Kier alpha value is -0.670. The van der Waals surface area contributed by atoms with Crippen LogP contribution >= 0.6 is 11.3 Å². The fourth-order valence-corrected chi connectivity index (χ4v) is 1.93. The van der Waals surface area contributed by atoms with Crippen LogP contribution in [0.2, 0.25) is 0 Å². The Kier molecular flexibility index (Phi) is 4.84. The van der Waals surface area contributed by atoms with Gasteiger partial charge in [0.2, 0.25) is 0 Å². The van der Waals surface area contributed by atoms with Gasteiger partial charge >= 0.3 is 0 Å². The second-order valence-corrected chi connectivity index (χ2v) is 4.20. The standard InChI is InChI=1S/C11H16O2S/c1-9(13-2)7-11(12)4-3-10-5-6-14-8-10/h5-6,8-9H,3-4,7H2,1-2H3.